The number of aromatic amines is 1. The summed E-state index contributed by atoms with van der Waals surface area (Å²) in [6.07, 6.45) is 0. The number of nitrogens with two attached hydrogens (primary N) is 1. The summed E-state index contributed by atoms with van der Waals surface area (Å²) in [7, 11) is 0. The van der Waals surface area contributed by atoms with Gasteiger partial charge in [0.2, 0.25) is 0 Å². The Bertz CT molecular complexity index is 1210. The third-order valence-corrected chi connectivity index (χ3v) is 7.36. The van der Waals surface area contributed by atoms with Gasteiger partial charge in [-0.15, -0.1) is 22.7 Å². The Labute approximate surface area is 194 Å². The molecule has 3 heterocycles. The molecule has 0 radical (unpaired) electrons. The molecule has 3 aromatic rings. The van der Waals surface area contributed by atoms with E-state index in [1.54, 1.807) is 0 Å². The van der Waals surface area contributed by atoms with E-state index in [0.29, 0.717) is 28.7 Å². The number of nitrogens with one attached hydrogen (secondary N) is 2. The summed E-state index contributed by atoms with van der Waals surface area (Å²) >= 11 is 2.62. The number of hydrogen-bond acceptors (Lipinski definition) is 7. The number of aromatic nitrogens is 3. The molecule has 0 saturated heterocycles. The van der Waals surface area contributed by atoms with Crippen LogP contribution >= 0.6 is 22.7 Å². The van der Waals surface area contributed by atoms with Crippen molar-refractivity contribution in [2.75, 3.05) is 25.4 Å². The Morgan fingerprint density at radius 3 is 2.50 bits per heavy atom. The first kappa shape index (κ1) is 24.1. The molecule has 4 N–H and O–H groups in total. The van der Waals surface area contributed by atoms with E-state index < -0.39 is 16.7 Å². The van der Waals surface area contributed by atoms with Crippen molar-refractivity contribution in [3.05, 3.63) is 43.2 Å². The second-order valence-corrected chi connectivity index (χ2v) is 10.6. The van der Waals surface area contributed by atoms with Gasteiger partial charge in [-0.25, -0.2) is 9.78 Å². The molecule has 3 rings (SSSR count). The third-order valence-electron chi connectivity index (χ3n) is 5.41. The zero-order valence-corrected chi connectivity index (χ0v) is 20.7. The van der Waals surface area contributed by atoms with Crippen molar-refractivity contribution in [3.8, 4) is 21.1 Å². The van der Waals surface area contributed by atoms with Crippen molar-refractivity contribution in [1.82, 2.24) is 14.5 Å². The Morgan fingerprint density at radius 2 is 1.94 bits per heavy atom. The van der Waals surface area contributed by atoms with Crippen LogP contribution in [0.3, 0.4) is 0 Å². The summed E-state index contributed by atoms with van der Waals surface area (Å²) < 4.78 is 1.39. The van der Waals surface area contributed by atoms with Gasteiger partial charge >= 0.3 is 5.69 Å². The molecule has 0 amide bonds. The maximum atomic E-state index is 13.2. The largest absolute Gasteiger partial charge is 0.384 e. The fourth-order valence-electron chi connectivity index (χ4n) is 3.39. The molecule has 0 bridgehead atoms. The number of rotatable bonds is 8. The first-order valence-electron chi connectivity index (χ1n) is 10.6. The van der Waals surface area contributed by atoms with E-state index in [9.17, 15) is 14.4 Å². The number of thiophene rings is 1. The highest BCUT2D eigenvalue weighted by molar-refractivity contribution is 7.18. The van der Waals surface area contributed by atoms with Crippen LogP contribution in [0, 0.1) is 5.41 Å². The second kappa shape index (κ2) is 9.51. The van der Waals surface area contributed by atoms with E-state index in [4.69, 9.17) is 5.73 Å². The van der Waals surface area contributed by atoms with Crippen LogP contribution in [0.1, 0.15) is 44.3 Å². The number of Topliss-reactive ketones (excluding diaryl/α,β-unsaturated/α-hetero) is 1. The maximum Gasteiger partial charge on any atom is 0.330 e. The Morgan fingerprint density at radius 1 is 1.25 bits per heavy atom. The summed E-state index contributed by atoms with van der Waals surface area (Å²) in [6, 6.07) is 3.78. The highest BCUT2D eigenvalue weighted by Gasteiger charge is 2.30. The van der Waals surface area contributed by atoms with Crippen molar-refractivity contribution >= 4 is 34.3 Å². The fourth-order valence-corrected chi connectivity index (χ4v) is 5.46. The number of nitrogen functional groups attached to an aromatic ring is 1. The van der Waals surface area contributed by atoms with Crippen molar-refractivity contribution in [2.45, 2.75) is 41.2 Å². The first-order valence-corrected chi connectivity index (χ1v) is 12.3. The normalized spacial score (nSPS) is 11.9. The quantitative estimate of drug-likeness (QED) is 0.431. The van der Waals surface area contributed by atoms with Gasteiger partial charge in [-0.3, -0.25) is 19.1 Å². The molecule has 3 aromatic heterocycles. The number of quaternary nitrogens is 1. The fraction of sp³-hybridized carbons (Fsp3) is 0.455. The van der Waals surface area contributed by atoms with Crippen molar-refractivity contribution in [2.24, 2.45) is 5.41 Å². The van der Waals surface area contributed by atoms with Crippen LogP contribution in [0.4, 0.5) is 5.82 Å². The van der Waals surface area contributed by atoms with Crippen molar-refractivity contribution in [3.63, 3.8) is 0 Å². The molecule has 0 saturated carbocycles. The lowest BCUT2D eigenvalue weighted by molar-refractivity contribution is -0.897. The Balaban J connectivity index is 2.16. The number of thiazole rings is 1. The van der Waals surface area contributed by atoms with Crippen LogP contribution in [-0.2, 0) is 6.54 Å². The van der Waals surface area contributed by atoms with Gasteiger partial charge in [0.25, 0.3) is 5.56 Å². The summed E-state index contributed by atoms with van der Waals surface area (Å²) in [5.41, 5.74) is 5.28. The molecular weight excluding hydrogens is 446 g/mol. The van der Waals surface area contributed by atoms with Gasteiger partial charge < -0.3 is 10.6 Å². The monoisotopic (exact) mass is 476 g/mol. The standard InChI is InChI=1S/C22H29N5O3S2/c1-6-26(7-2)10-11-27-18(23)14(19(29)25-21(27)30)20-24-15(13-9-8-12-31-13)16(32-20)17(28)22(3,4)5/h8-9,12H,6-7,10-11,23H2,1-5H3,(H,25,29,30)/p+1. The average molecular weight is 477 g/mol. The zero-order valence-electron chi connectivity index (χ0n) is 19.1. The van der Waals surface area contributed by atoms with Crippen LogP contribution in [0.5, 0.6) is 0 Å². The van der Waals surface area contributed by atoms with E-state index in [1.807, 2.05) is 38.3 Å². The lowest BCUT2D eigenvalue weighted by Gasteiger charge is -2.17. The molecule has 0 aliphatic rings. The van der Waals surface area contributed by atoms with E-state index in [0.717, 1.165) is 29.3 Å². The molecular formula is C22H30N5O3S2+. The number of hydrogen-bond donors (Lipinski definition) is 3. The predicted molar refractivity (Wildman–Crippen MR) is 131 cm³/mol. The average Bonchev–Trinajstić information content (AvgIpc) is 3.39. The van der Waals surface area contributed by atoms with Crippen LogP contribution < -0.4 is 21.9 Å². The predicted octanol–water partition coefficient (Wildman–Crippen LogP) is 2.12. The third kappa shape index (κ3) is 4.77. The van der Waals surface area contributed by atoms with Gasteiger partial charge in [0.1, 0.15) is 22.1 Å². The van der Waals surface area contributed by atoms with E-state index >= 15 is 0 Å². The number of ketones is 1. The molecule has 0 spiro atoms. The van der Waals surface area contributed by atoms with Crippen LogP contribution in [0.15, 0.2) is 27.1 Å². The highest BCUT2D eigenvalue weighted by Crippen LogP contribution is 2.39. The van der Waals surface area contributed by atoms with Gasteiger partial charge in [0.15, 0.2) is 5.78 Å². The zero-order chi connectivity index (χ0) is 23.6. The van der Waals surface area contributed by atoms with Crippen LogP contribution in [-0.4, -0.2) is 40.0 Å². The van der Waals surface area contributed by atoms with Crippen molar-refractivity contribution in [1.29, 1.82) is 0 Å². The number of nitrogens with zero attached hydrogens (tertiary/aromatic N) is 2. The SMILES string of the molecule is CC[NH+](CC)CCn1c(N)c(-c2nc(-c3cccs3)c(C(=O)C(C)(C)C)s2)c(=O)[nH]c1=O. The highest BCUT2D eigenvalue weighted by atomic mass is 32.1. The summed E-state index contributed by atoms with van der Waals surface area (Å²) in [4.78, 5) is 48.1. The molecule has 0 aliphatic heterocycles. The van der Waals surface area contributed by atoms with E-state index in [2.05, 4.69) is 23.8 Å². The van der Waals surface area contributed by atoms with Gasteiger partial charge in [-0.2, -0.15) is 0 Å². The summed E-state index contributed by atoms with van der Waals surface area (Å²) in [5.74, 6) is 0.0182. The smallest absolute Gasteiger partial charge is 0.330 e. The lowest BCUT2D eigenvalue weighted by Crippen LogP contribution is -3.11. The minimum Gasteiger partial charge on any atom is -0.384 e. The molecule has 10 heteroatoms. The summed E-state index contributed by atoms with van der Waals surface area (Å²) in [6.45, 7) is 12.7. The minimum absolute atomic E-state index is 0.0573. The topological polar surface area (TPSA) is 115 Å². The van der Waals surface area contributed by atoms with Gasteiger partial charge in [0, 0.05) is 5.41 Å². The molecule has 0 aromatic carbocycles. The molecule has 8 nitrogen and oxygen atoms in total. The molecule has 0 fully saturated rings. The van der Waals surface area contributed by atoms with Gasteiger partial charge in [0.05, 0.1) is 35.9 Å². The number of H-pyrrole nitrogens is 1. The lowest BCUT2D eigenvalue weighted by atomic mass is 9.89. The van der Waals surface area contributed by atoms with E-state index in [1.165, 1.54) is 20.8 Å². The molecule has 0 atom stereocenters. The number of carbonyl (C=O) groups excluding carboxylic acids is 1. The minimum atomic E-state index is -0.612. The van der Waals surface area contributed by atoms with Gasteiger partial charge in [-0.05, 0) is 25.3 Å². The second-order valence-electron chi connectivity index (χ2n) is 8.63. The Hall–Kier alpha value is -2.56. The van der Waals surface area contributed by atoms with Crippen molar-refractivity contribution < 1.29 is 9.69 Å². The van der Waals surface area contributed by atoms with Crippen LogP contribution in [0.2, 0.25) is 0 Å². The van der Waals surface area contributed by atoms with E-state index in [-0.39, 0.29) is 17.2 Å². The number of carbonyl (C=O) groups is 1. The molecule has 172 valence electrons. The first-order chi connectivity index (χ1) is 15.1. The maximum absolute atomic E-state index is 13.2. The molecule has 0 aliphatic carbocycles. The summed E-state index contributed by atoms with van der Waals surface area (Å²) in [5, 5.41) is 2.25. The number of anilines is 1. The molecule has 32 heavy (non-hydrogen) atoms. The number of likely N-dealkylation sites (N-methyl/N-ethyl adjacent to an activating group) is 1. The Kier molecular flexibility index (Phi) is 7.16. The van der Waals surface area contributed by atoms with Crippen LogP contribution in [0.25, 0.3) is 21.1 Å². The van der Waals surface area contributed by atoms with Gasteiger partial charge in [-0.1, -0.05) is 26.8 Å². The molecule has 0 unspecified atom stereocenters.